The number of fused-ring (bicyclic) bond motifs is 1. The van der Waals surface area contributed by atoms with E-state index in [9.17, 15) is 23.1 Å². The van der Waals surface area contributed by atoms with Gasteiger partial charge in [0.25, 0.3) is 12.3 Å². The minimum atomic E-state index is -2.97. The minimum Gasteiger partial charge on any atom is -0.491 e. The summed E-state index contributed by atoms with van der Waals surface area (Å²) in [6, 6.07) is 4.40. The summed E-state index contributed by atoms with van der Waals surface area (Å²) in [7, 11) is 2.75. The van der Waals surface area contributed by atoms with Crippen LogP contribution in [0.5, 0.6) is 11.6 Å². The molecule has 0 amide bonds. The van der Waals surface area contributed by atoms with Gasteiger partial charge in [-0.25, -0.2) is 18.0 Å². The van der Waals surface area contributed by atoms with E-state index in [1.54, 1.807) is 18.7 Å². The molecule has 1 aliphatic heterocycles. The number of ether oxygens (including phenoxy) is 2. The Kier molecular flexibility index (Phi) is 5.86. The molecule has 0 aliphatic carbocycles. The summed E-state index contributed by atoms with van der Waals surface area (Å²) in [5.41, 5.74) is -0.790. The fourth-order valence-corrected chi connectivity index (χ4v) is 3.51. The maximum absolute atomic E-state index is 14.8. The van der Waals surface area contributed by atoms with Gasteiger partial charge in [0.2, 0.25) is 0 Å². The number of carboxylic acids is 1. The third kappa shape index (κ3) is 3.53. The summed E-state index contributed by atoms with van der Waals surface area (Å²) in [5.74, 6) is -1.84. The molecule has 0 saturated heterocycles. The molecule has 0 bridgehead atoms. The van der Waals surface area contributed by atoms with Crippen molar-refractivity contribution >= 4 is 17.5 Å². The summed E-state index contributed by atoms with van der Waals surface area (Å²) >= 11 is 0. The molecule has 0 radical (unpaired) electrons. The summed E-state index contributed by atoms with van der Waals surface area (Å²) in [5, 5.41) is 9.58. The molecule has 2 heterocycles. The highest BCUT2D eigenvalue weighted by Crippen LogP contribution is 2.40. The van der Waals surface area contributed by atoms with E-state index in [4.69, 9.17) is 9.47 Å². The van der Waals surface area contributed by atoms with Crippen LogP contribution in [0.15, 0.2) is 29.3 Å². The number of benzene rings is 1. The lowest BCUT2D eigenvalue weighted by Crippen LogP contribution is -2.41. The van der Waals surface area contributed by atoms with Crippen LogP contribution in [0.2, 0.25) is 0 Å². The molecule has 2 atom stereocenters. The van der Waals surface area contributed by atoms with Crippen molar-refractivity contribution in [2.24, 2.45) is 4.99 Å². The fourth-order valence-electron chi connectivity index (χ4n) is 3.51. The highest BCUT2D eigenvalue weighted by atomic mass is 19.3. The summed E-state index contributed by atoms with van der Waals surface area (Å²) < 4.78 is 51.6. The van der Waals surface area contributed by atoms with Crippen molar-refractivity contribution in [2.75, 3.05) is 19.1 Å². The zero-order valence-corrected chi connectivity index (χ0v) is 16.7. The first kappa shape index (κ1) is 21.4. The summed E-state index contributed by atoms with van der Waals surface area (Å²) in [4.78, 5) is 21.9. The highest BCUT2D eigenvalue weighted by molar-refractivity contribution is 6.44. The van der Waals surface area contributed by atoms with E-state index in [2.05, 4.69) is 9.98 Å². The first-order chi connectivity index (χ1) is 14.2. The lowest BCUT2D eigenvalue weighted by molar-refractivity contribution is -0.129. The third-order valence-electron chi connectivity index (χ3n) is 4.93. The lowest BCUT2D eigenvalue weighted by Gasteiger charge is -2.38. The van der Waals surface area contributed by atoms with Gasteiger partial charge in [0.05, 0.1) is 31.4 Å². The summed E-state index contributed by atoms with van der Waals surface area (Å²) in [6.07, 6.45) is -3.74. The Morgan fingerprint density at radius 3 is 2.47 bits per heavy atom. The number of hydrogen-bond acceptors (Lipinski definition) is 6. The number of aromatic nitrogens is 1. The van der Waals surface area contributed by atoms with Crippen LogP contribution in [0.4, 0.5) is 19.0 Å². The number of aliphatic imine (C=N–C) groups is 1. The monoisotopic (exact) mass is 423 g/mol. The van der Waals surface area contributed by atoms with E-state index >= 15 is 0 Å². The number of halogens is 3. The first-order valence-electron chi connectivity index (χ1n) is 9.00. The van der Waals surface area contributed by atoms with Crippen LogP contribution < -0.4 is 14.4 Å². The molecule has 3 rings (SSSR count). The molecule has 1 aromatic heterocycles. The topological polar surface area (TPSA) is 84.3 Å². The van der Waals surface area contributed by atoms with E-state index < -0.39 is 36.0 Å². The van der Waals surface area contributed by atoms with Crippen molar-refractivity contribution in [3.05, 3.63) is 46.8 Å². The van der Waals surface area contributed by atoms with Crippen LogP contribution >= 0.6 is 0 Å². The van der Waals surface area contributed by atoms with Gasteiger partial charge in [-0.15, -0.1) is 0 Å². The maximum Gasteiger partial charge on any atom is 0.354 e. The van der Waals surface area contributed by atoms with E-state index in [0.717, 1.165) is 6.07 Å². The van der Waals surface area contributed by atoms with E-state index in [0.29, 0.717) is 0 Å². The van der Waals surface area contributed by atoms with Crippen molar-refractivity contribution in [3.63, 3.8) is 0 Å². The fraction of sp³-hybridized carbons (Fsp3) is 0.350. The number of rotatable bonds is 6. The highest BCUT2D eigenvalue weighted by Gasteiger charge is 2.36. The molecule has 2 aromatic rings. The van der Waals surface area contributed by atoms with Crippen LogP contribution in [0.25, 0.3) is 0 Å². The second kappa shape index (κ2) is 8.21. The second-order valence-electron chi connectivity index (χ2n) is 6.62. The molecule has 7 nitrogen and oxygen atoms in total. The van der Waals surface area contributed by atoms with Gasteiger partial charge in [0, 0.05) is 5.56 Å². The molecule has 1 aromatic carbocycles. The van der Waals surface area contributed by atoms with Crippen LogP contribution in [-0.2, 0) is 4.79 Å². The van der Waals surface area contributed by atoms with E-state index in [1.807, 2.05) is 0 Å². The van der Waals surface area contributed by atoms with E-state index in [-0.39, 0.29) is 34.3 Å². The SMILES string of the molecule is COc1cc2c(nc1OC)N(C(C)c1cccc(C(F)F)c1F)[C@H](C)N=C2C(=O)O. The van der Waals surface area contributed by atoms with Gasteiger partial charge in [-0.1, -0.05) is 18.2 Å². The first-order valence-corrected chi connectivity index (χ1v) is 9.00. The molecule has 1 aliphatic rings. The van der Waals surface area contributed by atoms with Crippen LogP contribution in [0, 0.1) is 5.82 Å². The van der Waals surface area contributed by atoms with Gasteiger partial charge in [-0.05, 0) is 19.9 Å². The number of aliphatic carboxylic acids is 1. The molecule has 1 N–H and O–H groups in total. The zero-order chi connectivity index (χ0) is 22.2. The van der Waals surface area contributed by atoms with Crippen LogP contribution in [-0.4, -0.2) is 42.2 Å². The molecule has 30 heavy (non-hydrogen) atoms. The Hall–Kier alpha value is -3.30. The molecule has 1 unspecified atom stereocenters. The van der Waals surface area contributed by atoms with E-state index in [1.165, 1.54) is 32.4 Å². The van der Waals surface area contributed by atoms with Crippen molar-refractivity contribution in [3.8, 4) is 11.6 Å². The van der Waals surface area contributed by atoms with Crippen molar-refractivity contribution in [2.45, 2.75) is 32.5 Å². The number of carboxylic acid groups (broad SMARTS) is 1. The number of hydrogen-bond donors (Lipinski definition) is 1. The predicted molar refractivity (Wildman–Crippen MR) is 103 cm³/mol. The van der Waals surface area contributed by atoms with Crippen LogP contribution in [0.1, 0.15) is 43.0 Å². The molecule has 0 saturated carbocycles. The molecule has 0 spiro atoms. The van der Waals surface area contributed by atoms with Gasteiger partial charge in [-0.3, -0.25) is 4.99 Å². The predicted octanol–water partition coefficient (Wildman–Crippen LogP) is 3.98. The molecule has 10 heteroatoms. The number of methoxy groups -OCH3 is 2. The minimum absolute atomic E-state index is 0.0103. The van der Waals surface area contributed by atoms with Gasteiger partial charge in [-0.2, -0.15) is 4.98 Å². The number of anilines is 1. The normalized spacial score (nSPS) is 16.7. The second-order valence-corrected chi connectivity index (χ2v) is 6.62. The van der Waals surface area contributed by atoms with Gasteiger partial charge >= 0.3 is 5.97 Å². The summed E-state index contributed by atoms with van der Waals surface area (Å²) in [6.45, 7) is 3.21. The average molecular weight is 423 g/mol. The van der Waals surface area contributed by atoms with Gasteiger partial charge in [0.15, 0.2) is 11.5 Å². The maximum atomic E-state index is 14.8. The Bertz CT molecular complexity index is 1010. The standard InChI is InChI=1S/C20H20F3N3O4/c1-9(11-6-5-7-12(15(11)21)17(22)23)26-10(2)24-16(20(27)28)13-8-14(29-3)19(30-4)25-18(13)26/h5-10,17H,1-4H3,(H,27,28)/t9?,10-/m1/s1. The van der Waals surface area contributed by atoms with Crippen molar-refractivity contribution in [1.29, 1.82) is 0 Å². The van der Waals surface area contributed by atoms with Crippen LogP contribution in [0.3, 0.4) is 0 Å². The van der Waals surface area contributed by atoms with Gasteiger partial charge < -0.3 is 19.5 Å². The third-order valence-corrected chi connectivity index (χ3v) is 4.93. The number of nitrogens with zero attached hydrogens (tertiary/aromatic N) is 3. The zero-order valence-electron chi connectivity index (χ0n) is 16.7. The Balaban J connectivity index is 2.20. The Morgan fingerprint density at radius 1 is 1.23 bits per heavy atom. The lowest BCUT2D eigenvalue weighted by atomic mass is 9.99. The largest absolute Gasteiger partial charge is 0.491 e. The van der Waals surface area contributed by atoms with Gasteiger partial charge in [0.1, 0.15) is 17.8 Å². The molecular formula is C20H20F3N3O4. The average Bonchev–Trinajstić information content (AvgIpc) is 2.71. The Labute approximate surface area is 170 Å². The number of carbonyl (C=O) groups is 1. The van der Waals surface area contributed by atoms with Crippen molar-refractivity contribution < 1.29 is 32.5 Å². The Morgan fingerprint density at radius 2 is 1.90 bits per heavy atom. The number of alkyl halides is 2. The quantitative estimate of drug-likeness (QED) is 0.757. The molecular weight excluding hydrogens is 403 g/mol. The smallest absolute Gasteiger partial charge is 0.354 e. The molecule has 0 fully saturated rings. The van der Waals surface area contributed by atoms with Crippen molar-refractivity contribution in [1.82, 2.24) is 4.98 Å². The molecule has 160 valence electrons. The number of pyridine rings is 1.